The van der Waals surface area contributed by atoms with Crippen LogP contribution < -0.4 is 20.4 Å². The Labute approximate surface area is 424 Å². The summed E-state index contributed by atoms with van der Waals surface area (Å²) in [6.45, 7) is 0.434. The normalized spacial score (nSPS) is 16.2. The molecule has 2 aliphatic heterocycles. The molecule has 0 spiro atoms. The van der Waals surface area contributed by atoms with Crippen LogP contribution in [-0.4, -0.2) is 69.8 Å². The first-order valence-corrected chi connectivity index (χ1v) is 26.0. The van der Waals surface area contributed by atoms with Gasteiger partial charge in [-0.1, -0.05) is 91.0 Å². The lowest BCUT2D eigenvalue weighted by molar-refractivity contribution is 0.0838. The number of hydrogen-bond donors (Lipinski definition) is 2. The molecule has 7 aromatic rings. The van der Waals surface area contributed by atoms with Gasteiger partial charge in [0.25, 0.3) is 20.9 Å². The molecule has 368 valence electrons. The molecule has 9 rings (SSSR count). The molecular formula is C55H47ClF2N4O8S2. The summed E-state index contributed by atoms with van der Waals surface area (Å²) in [5.74, 6) is -0.770. The molecule has 0 saturated carbocycles. The van der Waals surface area contributed by atoms with E-state index in [0.29, 0.717) is 30.6 Å². The number of cyclic esters (lactones) is 2. The van der Waals surface area contributed by atoms with Crippen molar-refractivity contribution in [2.45, 2.75) is 52.7 Å². The molecule has 2 N–H and O–H groups in total. The summed E-state index contributed by atoms with van der Waals surface area (Å²) in [6.07, 6.45) is -1.44. The van der Waals surface area contributed by atoms with Crippen LogP contribution in [0.1, 0.15) is 37.4 Å². The third-order valence-electron chi connectivity index (χ3n) is 11.8. The van der Waals surface area contributed by atoms with E-state index in [9.17, 15) is 36.4 Å². The molecular weight excluding hydrogens is 982 g/mol. The van der Waals surface area contributed by atoms with E-state index in [1.54, 1.807) is 16.7 Å². The summed E-state index contributed by atoms with van der Waals surface area (Å²) in [7, 11) is 1.46. The van der Waals surface area contributed by atoms with E-state index in [1.165, 1.54) is 83.3 Å². The summed E-state index contributed by atoms with van der Waals surface area (Å²) in [5.41, 5.74) is 4.97. The fourth-order valence-corrected chi connectivity index (χ4v) is 9.68. The number of hydrogen-bond acceptors (Lipinski definition) is 9. The molecule has 0 bridgehead atoms. The average Bonchev–Trinajstić information content (AvgIpc) is 3.98. The molecule has 4 amide bonds. The molecule has 7 aromatic carbocycles. The maximum Gasteiger partial charge on any atom is 0.414 e. The Morgan fingerprint density at radius 1 is 0.556 bits per heavy atom. The molecule has 0 aliphatic carbocycles. The first-order chi connectivity index (χ1) is 34.7. The highest BCUT2D eigenvalue weighted by atomic mass is 35.7. The second-order valence-corrected chi connectivity index (χ2v) is 20.4. The quantitative estimate of drug-likeness (QED) is 0.0712. The minimum atomic E-state index is -3.89. The van der Waals surface area contributed by atoms with Crippen LogP contribution in [0, 0.1) is 11.6 Å². The van der Waals surface area contributed by atoms with Gasteiger partial charge in [0, 0.05) is 43.8 Å². The molecule has 4 atom stereocenters. The minimum Gasteiger partial charge on any atom is -0.442 e. The zero-order valence-electron chi connectivity index (χ0n) is 38.4. The standard InChI is InChI=1S/C31H27FN2O3S.C24H20ClFN2O5S/c32-25-13-11-24(12-14-25)30(35)33-28(19-22-7-3-1-4-8-22)29-20-34(31(36)37-29)26-15-17-27(18-16-26)38-21-23-9-5-2-6-10-23;25-34(31,32)20-12-10-19(11-13-20)28-15-22(33-24(28)30)21(14-16-4-2-1-3-5-16)27-23(29)17-6-8-18(26)9-7-17/h1-18,28-29H,19-21H2,(H,33,35);1-13,21-22H,14-15H2,(H,27,29)/t28-,29+;21-,22+/m00/s1. The van der Waals surface area contributed by atoms with E-state index >= 15 is 0 Å². The van der Waals surface area contributed by atoms with Crippen molar-refractivity contribution in [3.63, 3.8) is 0 Å². The number of ether oxygens (including phenoxy) is 2. The lowest BCUT2D eigenvalue weighted by Gasteiger charge is -2.23. The third-order valence-corrected chi connectivity index (χ3v) is 14.3. The van der Waals surface area contributed by atoms with E-state index in [-0.39, 0.29) is 22.9 Å². The number of carbonyl (C=O) groups is 4. The average molecular weight is 1030 g/mol. The molecule has 17 heteroatoms. The first kappa shape index (κ1) is 50.8. The van der Waals surface area contributed by atoms with Gasteiger partial charge in [-0.2, -0.15) is 0 Å². The van der Waals surface area contributed by atoms with Gasteiger partial charge < -0.3 is 20.1 Å². The van der Waals surface area contributed by atoms with Crippen molar-refractivity contribution in [1.29, 1.82) is 0 Å². The van der Waals surface area contributed by atoms with Crippen molar-refractivity contribution in [2.75, 3.05) is 22.9 Å². The fourth-order valence-electron chi connectivity index (χ4n) is 8.05. The second kappa shape index (κ2) is 23.6. The van der Waals surface area contributed by atoms with Crippen molar-refractivity contribution in [3.05, 3.63) is 228 Å². The van der Waals surface area contributed by atoms with Crippen LogP contribution in [-0.2, 0) is 37.1 Å². The van der Waals surface area contributed by atoms with Crippen LogP contribution in [0.25, 0.3) is 0 Å². The molecule has 0 unspecified atom stereocenters. The lowest BCUT2D eigenvalue weighted by Crippen LogP contribution is -2.46. The summed E-state index contributed by atoms with van der Waals surface area (Å²) in [4.78, 5) is 55.2. The number of anilines is 2. The van der Waals surface area contributed by atoms with Gasteiger partial charge in [0.15, 0.2) is 0 Å². The van der Waals surface area contributed by atoms with Crippen LogP contribution in [0.3, 0.4) is 0 Å². The summed E-state index contributed by atoms with van der Waals surface area (Å²) < 4.78 is 60.9. The number of rotatable bonds is 16. The van der Waals surface area contributed by atoms with Gasteiger partial charge in [-0.15, -0.1) is 11.8 Å². The molecule has 2 heterocycles. The van der Waals surface area contributed by atoms with Crippen molar-refractivity contribution >= 4 is 66.9 Å². The maximum absolute atomic E-state index is 13.3. The van der Waals surface area contributed by atoms with Crippen molar-refractivity contribution in [3.8, 4) is 0 Å². The van der Waals surface area contributed by atoms with Gasteiger partial charge in [0.05, 0.1) is 30.1 Å². The zero-order valence-corrected chi connectivity index (χ0v) is 40.7. The van der Waals surface area contributed by atoms with E-state index in [1.807, 2.05) is 103 Å². The van der Waals surface area contributed by atoms with Crippen LogP contribution in [0.4, 0.5) is 29.7 Å². The van der Waals surface area contributed by atoms with E-state index in [0.717, 1.165) is 27.5 Å². The largest absolute Gasteiger partial charge is 0.442 e. The van der Waals surface area contributed by atoms with Gasteiger partial charge >= 0.3 is 12.2 Å². The SMILES string of the molecule is O=C(N[C@@H](Cc1ccccc1)[C@H]1CN(c2ccc(S(=O)(=O)Cl)cc2)C(=O)O1)c1ccc(F)cc1.O=C(N[C@@H](Cc1ccccc1)[C@H]1CN(c2ccc(SCc3ccccc3)cc2)C(=O)O1)c1ccc(F)cc1. The number of halogens is 3. The molecule has 0 radical (unpaired) electrons. The molecule has 2 saturated heterocycles. The molecule has 72 heavy (non-hydrogen) atoms. The Bertz CT molecular complexity index is 3070. The summed E-state index contributed by atoms with van der Waals surface area (Å²) >= 11 is 1.73. The van der Waals surface area contributed by atoms with Crippen LogP contribution in [0.15, 0.2) is 198 Å². The Hall–Kier alpha value is -7.53. The van der Waals surface area contributed by atoms with Gasteiger partial charge in [0.2, 0.25) is 0 Å². The number of benzene rings is 7. The van der Waals surface area contributed by atoms with Gasteiger partial charge in [0.1, 0.15) is 23.8 Å². The van der Waals surface area contributed by atoms with Gasteiger partial charge in [-0.3, -0.25) is 19.4 Å². The zero-order chi connectivity index (χ0) is 50.6. The Morgan fingerprint density at radius 2 is 0.931 bits per heavy atom. The van der Waals surface area contributed by atoms with Crippen molar-refractivity contribution in [2.24, 2.45) is 0 Å². The van der Waals surface area contributed by atoms with E-state index in [4.69, 9.17) is 20.2 Å². The van der Waals surface area contributed by atoms with Crippen LogP contribution in [0.5, 0.6) is 0 Å². The Morgan fingerprint density at radius 3 is 1.32 bits per heavy atom. The van der Waals surface area contributed by atoms with E-state index in [2.05, 4.69) is 22.8 Å². The number of nitrogens with zero attached hydrogens (tertiary/aromatic N) is 2. The highest BCUT2D eigenvalue weighted by molar-refractivity contribution is 8.13. The van der Waals surface area contributed by atoms with Crippen LogP contribution >= 0.6 is 22.4 Å². The van der Waals surface area contributed by atoms with Gasteiger partial charge in [-0.25, -0.2) is 26.8 Å². The highest BCUT2D eigenvalue weighted by Gasteiger charge is 2.40. The van der Waals surface area contributed by atoms with Crippen LogP contribution in [0.2, 0.25) is 0 Å². The second-order valence-electron chi connectivity index (χ2n) is 16.8. The Balaban J connectivity index is 0.000000194. The molecule has 12 nitrogen and oxygen atoms in total. The smallest absolute Gasteiger partial charge is 0.414 e. The van der Waals surface area contributed by atoms with E-state index < -0.39 is 63.1 Å². The van der Waals surface area contributed by atoms with Gasteiger partial charge in [-0.05, 0) is 127 Å². The number of carbonyl (C=O) groups excluding carboxylic acids is 4. The molecule has 2 aliphatic rings. The topological polar surface area (TPSA) is 151 Å². The van der Waals surface area contributed by atoms with Crippen molar-refractivity contribution < 1.29 is 45.9 Å². The summed E-state index contributed by atoms with van der Waals surface area (Å²) in [6, 6.07) is 52.2. The lowest BCUT2D eigenvalue weighted by atomic mass is 10.0. The number of amides is 4. The summed E-state index contributed by atoms with van der Waals surface area (Å²) in [5, 5.41) is 5.91. The number of nitrogens with one attached hydrogen (secondary N) is 2. The van der Waals surface area contributed by atoms with Crippen molar-refractivity contribution in [1.82, 2.24) is 10.6 Å². The highest BCUT2D eigenvalue weighted by Crippen LogP contribution is 2.30. The maximum atomic E-state index is 13.3. The predicted molar refractivity (Wildman–Crippen MR) is 273 cm³/mol. The predicted octanol–water partition coefficient (Wildman–Crippen LogP) is 10.6. The molecule has 2 fully saturated rings. The third kappa shape index (κ3) is 13.7. The minimum absolute atomic E-state index is 0.0875. The Kier molecular flexibility index (Phi) is 16.7. The number of thioether (sulfide) groups is 1. The molecule has 0 aromatic heterocycles. The fraction of sp³-hybridized carbons (Fsp3) is 0.164. The monoisotopic (exact) mass is 1030 g/mol. The first-order valence-electron chi connectivity index (χ1n) is 22.7.